The first-order valence-electron chi connectivity index (χ1n) is 5.39. The molecular weight excluding hydrogens is 162 g/mol. The van der Waals surface area contributed by atoms with Crippen LogP contribution < -0.4 is 0 Å². The Bertz CT molecular complexity index is 214. The topological polar surface area (TPSA) is 20.3 Å². The van der Waals surface area contributed by atoms with Crippen molar-refractivity contribution in [3.05, 3.63) is 0 Å². The van der Waals surface area contributed by atoms with Gasteiger partial charge in [-0.05, 0) is 38.3 Å². The van der Waals surface area contributed by atoms with E-state index >= 15 is 0 Å². The molecule has 0 spiro atoms. The maximum atomic E-state index is 11.5. The number of hydrogen-bond donors (Lipinski definition) is 0. The number of Topliss-reactive ketones (excluding diaryl/α,β-unsaturated/α-hetero) is 1. The van der Waals surface area contributed by atoms with Gasteiger partial charge in [-0.2, -0.15) is 0 Å². The summed E-state index contributed by atoms with van der Waals surface area (Å²) in [5.41, 5.74) is 0. The molecule has 0 N–H and O–H groups in total. The van der Waals surface area contributed by atoms with E-state index in [9.17, 15) is 4.79 Å². The molecule has 1 saturated heterocycles. The van der Waals surface area contributed by atoms with E-state index < -0.39 is 0 Å². The summed E-state index contributed by atoms with van der Waals surface area (Å²) in [7, 11) is 2.19. The largest absolute Gasteiger partial charge is 0.306 e. The monoisotopic (exact) mass is 181 g/mol. The third-order valence-electron chi connectivity index (χ3n) is 3.91. The number of nitrogens with zero attached hydrogens (tertiary/aromatic N) is 1. The lowest BCUT2D eigenvalue weighted by atomic mass is 9.69. The molecule has 2 nitrogen and oxygen atoms in total. The maximum absolute atomic E-state index is 11.5. The lowest BCUT2D eigenvalue weighted by molar-refractivity contribution is -0.129. The molecule has 2 rings (SSSR count). The molecular formula is C11H19NO. The average molecular weight is 181 g/mol. The van der Waals surface area contributed by atoms with Crippen LogP contribution in [0.1, 0.15) is 26.2 Å². The molecule has 0 aromatic rings. The van der Waals surface area contributed by atoms with Gasteiger partial charge in [-0.15, -0.1) is 0 Å². The van der Waals surface area contributed by atoms with Crippen molar-refractivity contribution in [2.45, 2.75) is 26.2 Å². The van der Waals surface area contributed by atoms with Crippen molar-refractivity contribution in [3.8, 4) is 0 Å². The predicted octanol–water partition coefficient (Wildman–Crippen LogP) is 1.55. The molecule has 74 valence electrons. The van der Waals surface area contributed by atoms with E-state index in [2.05, 4.69) is 18.9 Å². The Balaban J connectivity index is 2.06. The highest BCUT2D eigenvalue weighted by molar-refractivity contribution is 5.81. The molecule has 2 heteroatoms. The molecule has 0 aromatic carbocycles. The minimum absolute atomic E-state index is 0.340. The fourth-order valence-corrected chi connectivity index (χ4v) is 2.99. The highest BCUT2D eigenvalue weighted by atomic mass is 16.1. The first kappa shape index (κ1) is 9.20. The molecule has 13 heavy (non-hydrogen) atoms. The Kier molecular flexibility index (Phi) is 2.41. The number of rotatable bonds is 0. The molecule has 3 atom stereocenters. The molecule has 0 aromatic heterocycles. The van der Waals surface area contributed by atoms with Crippen molar-refractivity contribution in [2.75, 3.05) is 20.1 Å². The molecule has 0 radical (unpaired) electrons. The van der Waals surface area contributed by atoms with Crippen LogP contribution in [-0.2, 0) is 4.79 Å². The van der Waals surface area contributed by atoms with Gasteiger partial charge in [-0.3, -0.25) is 4.79 Å². The summed E-state index contributed by atoms with van der Waals surface area (Å²) in [6, 6.07) is 0. The van der Waals surface area contributed by atoms with Gasteiger partial charge >= 0.3 is 0 Å². The smallest absolute Gasteiger partial charge is 0.136 e. The van der Waals surface area contributed by atoms with Crippen LogP contribution in [0, 0.1) is 17.8 Å². The maximum Gasteiger partial charge on any atom is 0.136 e. The van der Waals surface area contributed by atoms with Crippen molar-refractivity contribution in [1.29, 1.82) is 0 Å². The summed E-state index contributed by atoms with van der Waals surface area (Å²) >= 11 is 0. The highest BCUT2D eigenvalue weighted by Gasteiger charge is 2.38. The first-order chi connectivity index (χ1) is 6.18. The summed E-state index contributed by atoms with van der Waals surface area (Å²) in [6.45, 7) is 4.52. The molecule has 3 unspecified atom stereocenters. The zero-order valence-electron chi connectivity index (χ0n) is 8.62. The van der Waals surface area contributed by atoms with Crippen LogP contribution in [0.2, 0.25) is 0 Å². The first-order valence-corrected chi connectivity index (χ1v) is 5.39. The second-order valence-corrected chi connectivity index (χ2v) is 4.77. The van der Waals surface area contributed by atoms with E-state index in [0.717, 1.165) is 18.8 Å². The Morgan fingerprint density at radius 1 is 1.38 bits per heavy atom. The fraction of sp³-hybridized carbons (Fsp3) is 0.909. The Morgan fingerprint density at radius 3 is 2.92 bits per heavy atom. The standard InChI is InChI=1S/C11H19NO/c1-8-10-5-6-12(2)7-9(10)3-4-11(8)13/h8-10H,3-7H2,1-2H3. The predicted molar refractivity (Wildman–Crippen MR) is 52.5 cm³/mol. The van der Waals surface area contributed by atoms with Gasteiger partial charge in [-0.25, -0.2) is 0 Å². The lowest BCUT2D eigenvalue weighted by Crippen LogP contribution is -2.45. The van der Waals surface area contributed by atoms with Crippen LogP contribution in [0.3, 0.4) is 0 Å². The minimum Gasteiger partial charge on any atom is -0.306 e. The molecule has 1 aliphatic carbocycles. The minimum atomic E-state index is 0.340. The van der Waals surface area contributed by atoms with Gasteiger partial charge in [-0.1, -0.05) is 6.92 Å². The van der Waals surface area contributed by atoms with Crippen LogP contribution >= 0.6 is 0 Å². The Hall–Kier alpha value is -0.370. The molecule has 1 heterocycles. The third-order valence-corrected chi connectivity index (χ3v) is 3.91. The quantitative estimate of drug-likeness (QED) is 0.565. The van der Waals surface area contributed by atoms with E-state index in [0.29, 0.717) is 17.6 Å². The van der Waals surface area contributed by atoms with Gasteiger partial charge in [0.15, 0.2) is 0 Å². The van der Waals surface area contributed by atoms with E-state index in [1.54, 1.807) is 0 Å². The normalized spacial score (nSPS) is 41.7. The molecule has 0 amide bonds. The molecule has 2 fully saturated rings. The number of ketones is 1. The van der Waals surface area contributed by atoms with Crippen LogP contribution in [-0.4, -0.2) is 30.8 Å². The zero-order valence-corrected chi connectivity index (χ0v) is 8.62. The SMILES string of the molecule is CC1C(=O)CCC2CN(C)CCC21. The van der Waals surface area contributed by atoms with E-state index in [-0.39, 0.29) is 0 Å². The number of carbonyl (C=O) groups excluding carboxylic acids is 1. The zero-order chi connectivity index (χ0) is 9.42. The summed E-state index contributed by atoms with van der Waals surface area (Å²) in [5, 5.41) is 0. The van der Waals surface area contributed by atoms with Crippen LogP contribution in [0.15, 0.2) is 0 Å². The van der Waals surface area contributed by atoms with Gasteiger partial charge in [0.2, 0.25) is 0 Å². The lowest BCUT2D eigenvalue weighted by Gasteiger charge is -2.42. The van der Waals surface area contributed by atoms with E-state index in [4.69, 9.17) is 0 Å². The number of hydrogen-bond acceptors (Lipinski definition) is 2. The summed E-state index contributed by atoms with van der Waals surface area (Å²) in [5.74, 6) is 2.34. The van der Waals surface area contributed by atoms with Crippen LogP contribution in [0.25, 0.3) is 0 Å². The number of likely N-dealkylation sites (tertiary alicyclic amines) is 1. The van der Waals surface area contributed by atoms with E-state index in [1.807, 2.05) is 0 Å². The van der Waals surface area contributed by atoms with E-state index in [1.165, 1.54) is 19.5 Å². The molecule has 1 aliphatic heterocycles. The summed E-state index contributed by atoms with van der Waals surface area (Å²) in [6.07, 6.45) is 3.20. The number of piperidine rings is 1. The molecule has 0 bridgehead atoms. The Morgan fingerprint density at radius 2 is 2.15 bits per heavy atom. The van der Waals surface area contributed by atoms with Crippen LogP contribution in [0.4, 0.5) is 0 Å². The average Bonchev–Trinajstić information content (AvgIpc) is 2.12. The van der Waals surface area contributed by atoms with Gasteiger partial charge in [0.1, 0.15) is 5.78 Å². The number of carbonyl (C=O) groups is 1. The summed E-state index contributed by atoms with van der Waals surface area (Å²) in [4.78, 5) is 13.9. The second kappa shape index (κ2) is 3.41. The van der Waals surface area contributed by atoms with Crippen molar-refractivity contribution in [2.24, 2.45) is 17.8 Å². The van der Waals surface area contributed by atoms with Gasteiger partial charge in [0.25, 0.3) is 0 Å². The van der Waals surface area contributed by atoms with Crippen molar-refractivity contribution in [1.82, 2.24) is 4.90 Å². The van der Waals surface area contributed by atoms with Gasteiger partial charge in [0.05, 0.1) is 0 Å². The van der Waals surface area contributed by atoms with Crippen LogP contribution in [0.5, 0.6) is 0 Å². The summed E-state index contributed by atoms with van der Waals surface area (Å²) < 4.78 is 0. The van der Waals surface area contributed by atoms with Crippen molar-refractivity contribution in [3.63, 3.8) is 0 Å². The fourth-order valence-electron chi connectivity index (χ4n) is 2.99. The Labute approximate surface area is 80.3 Å². The number of fused-ring (bicyclic) bond motifs is 1. The molecule has 1 saturated carbocycles. The van der Waals surface area contributed by atoms with Crippen molar-refractivity contribution >= 4 is 5.78 Å². The highest BCUT2D eigenvalue weighted by Crippen LogP contribution is 2.37. The third kappa shape index (κ3) is 1.64. The van der Waals surface area contributed by atoms with Gasteiger partial charge in [0, 0.05) is 18.9 Å². The molecule has 2 aliphatic rings. The van der Waals surface area contributed by atoms with Crippen molar-refractivity contribution < 1.29 is 4.79 Å². The van der Waals surface area contributed by atoms with Gasteiger partial charge < -0.3 is 4.90 Å². The second-order valence-electron chi connectivity index (χ2n) is 4.77.